The SMILES string of the molecule is COC(=O)c1cc[c]([Zn][Cl])nc1. The Kier molecular flexibility index (Phi) is 3.63. The molecular weight excluding hydrogens is 231 g/mol. The van der Waals surface area contributed by atoms with E-state index in [2.05, 4.69) is 9.72 Å². The van der Waals surface area contributed by atoms with E-state index in [0.717, 1.165) is 4.29 Å². The Morgan fingerprint density at radius 3 is 2.83 bits per heavy atom. The summed E-state index contributed by atoms with van der Waals surface area (Å²) in [5, 5.41) is 0. The second-order valence-corrected chi connectivity index (χ2v) is 5.63. The maximum absolute atomic E-state index is 10.9. The van der Waals surface area contributed by atoms with E-state index in [1.54, 1.807) is 12.1 Å². The van der Waals surface area contributed by atoms with E-state index in [9.17, 15) is 4.79 Å². The third-order valence-electron chi connectivity index (χ3n) is 1.38. The van der Waals surface area contributed by atoms with Gasteiger partial charge in [0, 0.05) is 0 Å². The fourth-order valence-electron chi connectivity index (χ4n) is 0.742. The summed E-state index contributed by atoms with van der Waals surface area (Å²) in [7, 11) is 7.04. The second kappa shape index (κ2) is 4.53. The number of methoxy groups -OCH3 is 1. The molecule has 0 aromatic carbocycles. The van der Waals surface area contributed by atoms with Crippen LogP contribution < -0.4 is 4.29 Å². The number of rotatable bonds is 2. The summed E-state index contributed by atoms with van der Waals surface area (Å²) in [4.78, 5) is 14.9. The molecule has 0 aliphatic rings. The molecule has 3 nitrogen and oxygen atoms in total. The molecule has 5 heteroatoms. The van der Waals surface area contributed by atoms with E-state index in [1.807, 2.05) is 0 Å². The molecule has 0 aliphatic heterocycles. The molecule has 1 rings (SSSR count). The van der Waals surface area contributed by atoms with Gasteiger partial charge in [0.15, 0.2) is 0 Å². The first-order chi connectivity index (χ1) is 5.77. The van der Waals surface area contributed by atoms with Gasteiger partial charge in [-0.1, -0.05) is 0 Å². The molecule has 0 saturated carbocycles. The van der Waals surface area contributed by atoms with Gasteiger partial charge in [0.05, 0.1) is 0 Å². The Bertz CT molecular complexity index is 275. The Balaban J connectivity index is 2.84. The quantitative estimate of drug-likeness (QED) is 0.562. The number of aromatic nitrogens is 1. The van der Waals surface area contributed by atoms with Gasteiger partial charge >= 0.3 is 81.6 Å². The van der Waals surface area contributed by atoms with Crippen LogP contribution in [0.4, 0.5) is 0 Å². The predicted octanol–water partition coefficient (Wildman–Crippen LogP) is 0.730. The molecule has 1 heterocycles. The van der Waals surface area contributed by atoms with Gasteiger partial charge in [0.25, 0.3) is 0 Å². The fraction of sp³-hybridized carbons (Fsp3) is 0.143. The number of hydrogen-bond donors (Lipinski definition) is 0. The van der Waals surface area contributed by atoms with Crippen LogP contribution in [0.2, 0.25) is 0 Å². The number of esters is 1. The number of carbonyl (C=O) groups excluding carboxylic acids is 1. The van der Waals surface area contributed by atoms with Crippen molar-refractivity contribution in [1.29, 1.82) is 0 Å². The van der Waals surface area contributed by atoms with E-state index in [0.29, 0.717) is 5.56 Å². The van der Waals surface area contributed by atoms with E-state index < -0.39 is 16.1 Å². The molecule has 0 atom stereocenters. The van der Waals surface area contributed by atoms with Crippen molar-refractivity contribution < 1.29 is 25.7 Å². The summed E-state index contributed by atoms with van der Waals surface area (Å²) < 4.78 is 5.44. The summed E-state index contributed by atoms with van der Waals surface area (Å²) in [6, 6.07) is 3.46. The van der Waals surface area contributed by atoms with E-state index in [1.165, 1.54) is 13.3 Å². The molecule has 60 valence electrons. The molecule has 0 bridgehead atoms. The summed E-state index contributed by atoms with van der Waals surface area (Å²) in [6.45, 7) is 0. The normalized spacial score (nSPS) is 8.83. The van der Waals surface area contributed by atoms with E-state index in [-0.39, 0.29) is 5.97 Å². The molecule has 0 radical (unpaired) electrons. The molecule has 0 fully saturated rings. The molecule has 0 aliphatic carbocycles. The van der Waals surface area contributed by atoms with Crippen LogP contribution in [-0.4, -0.2) is 18.1 Å². The molecule has 0 N–H and O–H groups in total. The molecule has 0 saturated heterocycles. The van der Waals surface area contributed by atoms with Crippen LogP contribution in [0.5, 0.6) is 0 Å². The number of ether oxygens (including phenoxy) is 1. The van der Waals surface area contributed by atoms with Crippen molar-refractivity contribution in [2.24, 2.45) is 0 Å². The van der Waals surface area contributed by atoms with Crippen molar-refractivity contribution in [3.8, 4) is 0 Å². The molecular formula is C7H6ClNO2Zn. The van der Waals surface area contributed by atoms with E-state index >= 15 is 0 Å². The Morgan fingerprint density at radius 1 is 1.67 bits per heavy atom. The van der Waals surface area contributed by atoms with Gasteiger partial charge in [-0.3, -0.25) is 0 Å². The Hall–Kier alpha value is -0.467. The number of carbonyl (C=O) groups is 1. The third kappa shape index (κ3) is 2.26. The Labute approximate surface area is 81.7 Å². The van der Waals surface area contributed by atoms with Gasteiger partial charge in [-0.05, 0) is 0 Å². The monoisotopic (exact) mass is 235 g/mol. The standard InChI is InChI=1S/C7H6NO2.ClH.Zn/c1-10-7(9)6-3-2-4-8-5-6;;/h2-3,5H,1H3;1H;/q;;+1/p-1. The molecule has 12 heavy (non-hydrogen) atoms. The minimum absolute atomic E-state index is 0.365. The molecule has 0 amide bonds. The van der Waals surface area contributed by atoms with Gasteiger partial charge in [0.2, 0.25) is 0 Å². The fourth-order valence-corrected chi connectivity index (χ4v) is 2.33. The zero-order chi connectivity index (χ0) is 8.97. The molecule has 1 aromatic rings. The first-order valence-corrected chi connectivity index (χ1v) is 8.75. The van der Waals surface area contributed by atoms with Crippen LogP contribution in [0.15, 0.2) is 18.3 Å². The zero-order valence-corrected chi connectivity index (χ0v) is 10.3. The van der Waals surface area contributed by atoms with Crippen molar-refractivity contribution in [1.82, 2.24) is 4.98 Å². The van der Waals surface area contributed by atoms with Crippen LogP contribution in [0.3, 0.4) is 0 Å². The second-order valence-electron chi connectivity index (χ2n) is 2.16. The average molecular weight is 237 g/mol. The first kappa shape index (κ1) is 9.62. The number of pyridine rings is 1. The van der Waals surface area contributed by atoms with Gasteiger partial charge < -0.3 is 0 Å². The average Bonchev–Trinajstić information content (AvgIpc) is 2.17. The van der Waals surface area contributed by atoms with Gasteiger partial charge in [-0.2, -0.15) is 0 Å². The molecule has 0 spiro atoms. The summed E-state index contributed by atoms with van der Waals surface area (Å²) >= 11 is -1.13. The van der Waals surface area contributed by atoms with Gasteiger partial charge in [0.1, 0.15) is 0 Å². The van der Waals surface area contributed by atoms with Crippen LogP contribution in [0.25, 0.3) is 0 Å². The predicted molar refractivity (Wildman–Crippen MR) is 41.1 cm³/mol. The summed E-state index contributed by atoms with van der Waals surface area (Å²) in [5.41, 5.74) is 0.466. The number of nitrogens with zero attached hydrogens (tertiary/aromatic N) is 1. The van der Waals surface area contributed by atoms with Crippen molar-refractivity contribution in [2.45, 2.75) is 0 Å². The van der Waals surface area contributed by atoms with Crippen LogP contribution in [0.1, 0.15) is 10.4 Å². The van der Waals surface area contributed by atoms with Crippen molar-refractivity contribution in [3.63, 3.8) is 0 Å². The van der Waals surface area contributed by atoms with Crippen molar-refractivity contribution in [2.75, 3.05) is 7.11 Å². The molecule has 0 unspecified atom stereocenters. The van der Waals surface area contributed by atoms with Crippen molar-refractivity contribution >= 4 is 19.9 Å². The Morgan fingerprint density at radius 2 is 2.42 bits per heavy atom. The van der Waals surface area contributed by atoms with Crippen LogP contribution >= 0.6 is 9.69 Å². The maximum atomic E-state index is 10.9. The number of hydrogen-bond acceptors (Lipinski definition) is 3. The van der Waals surface area contributed by atoms with Gasteiger partial charge in [-0.25, -0.2) is 0 Å². The number of halogens is 1. The van der Waals surface area contributed by atoms with E-state index in [4.69, 9.17) is 9.69 Å². The van der Waals surface area contributed by atoms with Gasteiger partial charge in [-0.15, -0.1) is 0 Å². The topological polar surface area (TPSA) is 39.2 Å². The minimum atomic E-state index is -1.13. The zero-order valence-electron chi connectivity index (χ0n) is 6.58. The summed E-state index contributed by atoms with van der Waals surface area (Å²) in [6.07, 6.45) is 1.49. The van der Waals surface area contributed by atoms with Crippen LogP contribution in [0, 0.1) is 0 Å². The third-order valence-corrected chi connectivity index (χ3v) is 4.26. The molecule has 1 aromatic heterocycles. The first-order valence-electron chi connectivity index (χ1n) is 3.37. The van der Waals surface area contributed by atoms with Crippen LogP contribution in [-0.2, 0) is 20.9 Å². The van der Waals surface area contributed by atoms with Crippen molar-refractivity contribution in [3.05, 3.63) is 23.9 Å². The summed E-state index contributed by atoms with van der Waals surface area (Å²) in [5.74, 6) is -0.365.